The third kappa shape index (κ3) is 1.71. The van der Waals surface area contributed by atoms with Crippen LogP contribution in [0.1, 0.15) is 22.5 Å². The van der Waals surface area contributed by atoms with Crippen LogP contribution in [0.3, 0.4) is 0 Å². The molecule has 0 aliphatic heterocycles. The van der Waals surface area contributed by atoms with Crippen molar-refractivity contribution >= 4 is 32.1 Å². The standard InChI is InChI=1S/C12H12N2OS2/c1-7-13-6-8(14(7)2)12(15)11-5-10-9(17-11)3-4-16-10/h3-6,12,15H,1-2H3. The van der Waals surface area contributed by atoms with Gasteiger partial charge < -0.3 is 9.67 Å². The monoisotopic (exact) mass is 264 g/mol. The molecule has 0 aliphatic carbocycles. The zero-order chi connectivity index (χ0) is 12.0. The Bertz CT molecular complexity index is 636. The predicted octanol–water partition coefficient (Wildman–Crippen LogP) is 3.09. The van der Waals surface area contributed by atoms with E-state index in [1.807, 2.05) is 18.5 Å². The van der Waals surface area contributed by atoms with Gasteiger partial charge in [0.2, 0.25) is 0 Å². The van der Waals surface area contributed by atoms with Gasteiger partial charge in [0, 0.05) is 21.3 Å². The summed E-state index contributed by atoms with van der Waals surface area (Å²) in [6.45, 7) is 1.93. The number of hydrogen-bond donors (Lipinski definition) is 1. The first-order valence-electron chi connectivity index (χ1n) is 5.30. The fourth-order valence-corrected chi connectivity index (χ4v) is 3.96. The number of aromatic nitrogens is 2. The lowest BCUT2D eigenvalue weighted by Gasteiger charge is -2.09. The molecule has 17 heavy (non-hydrogen) atoms. The average Bonchev–Trinajstić information content (AvgIpc) is 2.94. The van der Waals surface area contributed by atoms with Crippen molar-refractivity contribution in [1.29, 1.82) is 0 Å². The van der Waals surface area contributed by atoms with Crippen molar-refractivity contribution in [3.05, 3.63) is 40.1 Å². The number of hydrogen-bond acceptors (Lipinski definition) is 4. The Kier molecular flexibility index (Phi) is 2.54. The Balaban J connectivity index is 2.04. The van der Waals surface area contributed by atoms with Crippen molar-refractivity contribution < 1.29 is 5.11 Å². The van der Waals surface area contributed by atoms with Gasteiger partial charge in [-0.3, -0.25) is 0 Å². The van der Waals surface area contributed by atoms with Crippen LogP contribution in [-0.4, -0.2) is 14.7 Å². The second kappa shape index (κ2) is 3.94. The molecule has 3 nitrogen and oxygen atoms in total. The molecule has 0 bridgehead atoms. The number of nitrogens with zero attached hydrogens (tertiary/aromatic N) is 2. The molecular weight excluding hydrogens is 252 g/mol. The Morgan fingerprint density at radius 2 is 2.24 bits per heavy atom. The molecule has 1 atom stereocenters. The fourth-order valence-electron chi connectivity index (χ4n) is 1.84. The quantitative estimate of drug-likeness (QED) is 0.772. The van der Waals surface area contributed by atoms with Crippen molar-refractivity contribution in [2.24, 2.45) is 7.05 Å². The molecular formula is C12H12N2OS2. The SMILES string of the molecule is Cc1ncc(C(O)c2cc3sccc3s2)n1C. The molecule has 1 unspecified atom stereocenters. The first-order chi connectivity index (χ1) is 8.16. The first kappa shape index (κ1) is 11.0. The minimum atomic E-state index is -0.578. The summed E-state index contributed by atoms with van der Waals surface area (Å²) in [4.78, 5) is 5.20. The van der Waals surface area contributed by atoms with E-state index < -0.39 is 6.10 Å². The van der Waals surface area contributed by atoms with Gasteiger partial charge in [-0.25, -0.2) is 4.98 Å². The fraction of sp³-hybridized carbons (Fsp3) is 0.250. The average molecular weight is 264 g/mol. The van der Waals surface area contributed by atoms with Crippen molar-refractivity contribution in [1.82, 2.24) is 9.55 Å². The zero-order valence-corrected chi connectivity index (χ0v) is 11.2. The molecule has 0 aromatic carbocycles. The molecule has 0 saturated carbocycles. The molecule has 0 fully saturated rings. The van der Waals surface area contributed by atoms with Gasteiger partial charge in [0.25, 0.3) is 0 Å². The number of imidazole rings is 1. The van der Waals surface area contributed by atoms with Gasteiger partial charge in [-0.2, -0.15) is 0 Å². The second-order valence-corrected chi connectivity index (χ2v) is 6.05. The number of thiophene rings is 2. The lowest BCUT2D eigenvalue weighted by Crippen LogP contribution is -2.04. The molecule has 0 amide bonds. The van der Waals surface area contributed by atoms with Crippen molar-refractivity contribution in [2.45, 2.75) is 13.0 Å². The van der Waals surface area contributed by atoms with Crippen LogP contribution in [0.15, 0.2) is 23.7 Å². The van der Waals surface area contributed by atoms with Crippen molar-refractivity contribution in [2.75, 3.05) is 0 Å². The third-order valence-corrected chi connectivity index (χ3v) is 5.11. The largest absolute Gasteiger partial charge is 0.381 e. The molecule has 5 heteroatoms. The predicted molar refractivity (Wildman–Crippen MR) is 71.7 cm³/mol. The third-order valence-electron chi connectivity index (χ3n) is 2.96. The van der Waals surface area contributed by atoms with Crippen LogP contribution in [0.4, 0.5) is 0 Å². The Hall–Kier alpha value is -1.17. The van der Waals surface area contributed by atoms with E-state index in [4.69, 9.17) is 0 Å². The van der Waals surface area contributed by atoms with E-state index in [0.717, 1.165) is 16.4 Å². The molecule has 0 saturated heterocycles. The number of aliphatic hydroxyl groups excluding tert-OH is 1. The molecule has 0 spiro atoms. The summed E-state index contributed by atoms with van der Waals surface area (Å²) in [7, 11) is 1.93. The highest BCUT2D eigenvalue weighted by molar-refractivity contribution is 7.26. The van der Waals surface area contributed by atoms with Gasteiger partial charge in [0.15, 0.2) is 0 Å². The van der Waals surface area contributed by atoms with E-state index in [0.29, 0.717) is 0 Å². The smallest absolute Gasteiger partial charge is 0.130 e. The molecule has 3 rings (SSSR count). The van der Waals surface area contributed by atoms with Crippen LogP contribution in [-0.2, 0) is 7.05 Å². The summed E-state index contributed by atoms with van der Waals surface area (Å²) >= 11 is 3.35. The van der Waals surface area contributed by atoms with Crippen molar-refractivity contribution in [3.63, 3.8) is 0 Å². The zero-order valence-electron chi connectivity index (χ0n) is 9.54. The number of fused-ring (bicyclic) bond motifs is 1. The summed E-state index contributed by atoms with van der Waals surface area (Å²) in [5, 5.41) is 12.4. The Morgan fingerprint density at radius 3 is 2.88 bits per heavy atom. The van der Waals surface area contributed by atoms with E-state index in [-0.39, 0.29) is 0 Å². The van der Waals surface area contributed by atoms with Crippen LogP contribution < -0.4 is 0 Å². The second-order valence-electron chi connectivity index (χ2n) is 3.99. The Morgan fingerprint density at radius 1 is 1.41 bits per heavy atom. The van der Waals surface area contributed by atoms with Gasteiger partial charge >= 0.3 is 0 Å². The molecule has 3 aromatic rings. The summed E-state index contributed by atoms with van der Waals surface area (Å²) < 4.78 is 4.41. The normalized spacial score (nSPS) is 13.4. The highest BCUT2D eigenvalue weighted by atomic mass is 32.1. The maximum atomic E-state index is 10.4. The van der Waals surface area contributed by atoms with E-state index in [2.05, 4.69) is 22.5 Å². The molecule has 0 aliphatic rings. The van der Waals surface area contributed by atoms with Crippen LogP contribution in [0.2, 0.25) is 0 Å². The molecule has 1 N–H and O–H groups in total. The van der Waals surface area contributed by atoms with E-state index in [9.17, 15) is 5.11 Å². The number of aliphatic hydroxyl groups is 1. The Labute approximate surface area is 107 Å². The highest BCUT2D eigenvalue weighted by Gasteiger charge is 2.18. The number of rotatable bonds is 2. The van der Waals surface area contributed by atoms with Gasteiger partial charge in [-0.15, -0.1) is 22.7 Å². The van der Waals surface area contributed by atoms with Crippen LogP contribution >= 0.6 is 22.7 Å². The van der Waals surface area contributed by atoms with E-state index in [1.54, 1.807) is 28.9 Å². The summed E-state index contributed by atoms with van der Waals surface area (Å²) in [5.74, 6) is 0.914. The van der Waals surface area contributed by atoms with Crippen LogP contribution in [0.5, 0.6) is 0 Å². The lowest BCUT2D eigenvalue weighted by molar-refractivity contribution is 0.215. The first-order valence-corrected chi connectivity index (χ1v) is 6.99. The molecule has 0 radical (unpaired) electrons. The minimum absolute atomic E-state index is 0.578. The summed E-state index contributed by atoms with van der Waals surface area (Å²) in [6.07, 6.45) is 1.17. The van der Waals surface area contributed by atoms with Gasteiger partial charge in [0.1, 0.15) is 11.9 Å². The highest BCUT2D eigenvalue weighted by Crippen LogP contribution is 2.35. The minimum Gasteiger partial charge on any atom is -0.381 e. The van der Waals surface area contributed by atoms with Gasteiger partial charge in [-0.05, 0) is 24.4 Å². The van der Waals surface area contributed by atoms with Crippen molar-refractivity contribution in [3.8, 4) is 0 Å². The lowest BCUT2D eigenvalue weighted by atomic mass is 10.2. The van der Waals surface area contributed by atoms with Crippen LogP contribution in [0, 0.1) is 6.92 Å². The topological polar surface area (TPSA) is 38.1 Å². The van der Waals surface area contributed by atoms with Crippen LogP contribution in [0.25, 0.3) is 9.40 Å². The van der Waals surface area contributed by atoms with E-state index >= 15 is 0 Å². The maximum Gasteiger partial charge on any atom is 0.130 e. The van der Waals surface area contributed by atoms with Gasteiger partial charge in [-0.1, -0.05) is 0 Å². The number of aryl methyl sites for hydroxylation is 1. The molecule has 88 valence electrons. The molecule has 3 aromatic heterocycles. The maximum absolute atomic E-state index is 10.4. The van der Waals surface area contributed by atoms with Gasteiger partial charge in [0.05, 0.1) is 11.9 Å². The summed E-state index contributed by atoms with van der Waals surface area (Å²) in [6, 6.07) is 4.16. The van der Waals surface area contributed by atoms with E-state index in [1.165, 1.54) is 9.40 Å². The summed E-state index contributed by atoms with van der Waals surface area (Å²) in [5.41, 5.74) is 0.844. The molecule has 3 heterocycles.